The molecule has 1 heteroatoms. The first-order valence-corrected chi connectivity index (χ1v) is 3.71. The van der Waals surface area contributed by atoms with Crippen molar-refractivity contribution in [3.05, 3.63) is 24.3 Å². The number of hydrogen-bond acceptors (Lipinski definition) is 1. The van der Waals surface area contributed by atoms with E-state index in [1.165, 1.54) is 12.8 Å². The van der Waals surface area contributed by atoms with Crippen molar-refractivity contribution in [2.45, 2.75) is 19.8 Å². The predicted octanol–water partition coefficient (Wildman–Crippen LogP) is 2.14. The summed E-state index contributed by atoms with van der Waals surface area (Å²) in [7, 11) is 1.00. The number of aliphatic hydroxyl groups excluding tert-OH is 1. The van der Waals surface area contributed by atoms with Crippen LogP contribution in [0.15, 0.2) is 24.3 Å². The van der Waals surface area contributed by atoms with Gasteiger partial charge >= 0.3 is 0 Å². The average molecular weight is 140 g/mol. The highest BCUT2D eigenvalue weighted by atomic mass is 16.2. The number of allylic oxidation sites excluding steroid dienone is 4. The zero-order chi connectivity index (χ0) is 7.82. The van der Waals surface area contributed by atoms with Crippen LogP contribution < -0.4 is 0 Å². The number of hydrogen-bond donors (Lipinski definition) is 1. The Kier molecular flexibility index (Phi) is 6.19. The molecule has 0 fully saturated rings. The average Bonchev–Trinajstić information content (AvgIpc) is 2.10. The van der Waals surface area contributed by atoms with Crippen molar-refractivity contribution in [3.63, 3.8) is 0 Å². The van der Waals surface area contributed by atoms with Crippen LogP contribution >= 0.6 is 0 Å². The first-order chi connectivity index (χ1) is 4.93. The summed E-state index contributed by atoms with van der Waals surface area (Å²) in [6.07, 6.45) is 11.3. The zero-order valence-corrected chi connectivity index (χ0v) is 6.75. The lowest BCUT2D eigenvalue weighted by Crippen LogP contribution is -1.93. The lowest BCUT2D eigenvalue weighted by atomic mass is 9.99. The molecule has 0 amide bonds. The van der Waals surface area contributed by atoms with Gasteiger partial charge < -0.3 is 5.11 Å². The fraction of sp³-hybridized carbons (Fsp3) is 0.556. The van der Waals surface area contributed by atoms with Crippen LogP contribution in [0.4, 0.5) is 0 Å². The topological polar surface area (TPSA) is 20.2 Å². The van der Waals surface area contributed by atoms with Crippen molar-refractivity contribution in [1.82, 2.24) is 0 Å². The Bertz CT molecular complexity index is 114. The maximum atomic E-state index is 7.00. The summed E-state index contributed by atoms with van der Waals surface area (Å²) < 4.78 is 0. The first-order valence-electron chi connectivity index (χ1n) is 3.71. The second kappa shape index (κ2) is 6.56. The highest BCUT2D eigenvalue weighted by Crippen LogP contribution is 2.13. The lowest BCUT2D eigenvalue weighted by molar-refractivity contribution is 0.399. The highest BCUT2D eigenvalue weighted by Gasteiger charge is 1.98. The molecule has 1 rings (SSSR count). The predicted molar refractivity (Wildman–Crippen MR) is 44.8 cm³/mol. The standard InChI is InChI=1S/C8H12.CH4O/c1-2-8-6-4-3-5-7-8;1-2/h3-6,8H,2,7H2,1H3;2H,1H3. The monoisotopic (exact) mass is 140 g/mol. The first kappa shape index (κ1) is 9.44. The molecular formula is C9H16O. The second-order valence-corrected chi connectivity index (χ2v) is 2.22. The number of rotatable bonds is 1. The van der Waals surface area contributed by atoms with Gasteiger partial charge in [-0.15, -0.1) is 0 Å². The maximum absolute atomic E-state index is 7.00. The van der Waals surface area contributed by atoms with Crippen LogP contribution in [0.25, 0.3) is 0 Å². The molecule has 0 aromatic rings. The van der Waals surface area contributed by atoms with Crippen LogP contribution in [0.2, 0.25) is 0 Å². The van der Waals surface area contributed by atoms with E-state index in [-0.39, 0.29) is 0 Å². The molecule has 0 bridgehead atoms. The molecule has 1 nitrogen and oxygen atoms in total. The van der Waals surface area contributed by atoms with E-state index in [2.05, 4.69) is 31.2 Å². The molecule has 0 spiro atoms. The van der Waals surface area contributed by atoms with Gasteiger partial charge in [-0.2, -0.15) is 0 Å². The van der Waals surface area contributed by atoms with E-state index in [4.69, 9.17) is 5.11 Å². The Morgan fingerprint density at radius 3 is 2.40 bits per heavy atom. The molecule has 0 saturated carbocycles. The third-order valence-corrected chi connectivity index (χ3v) is 1.59. The summed E-state index contributed by atoms with van der Waals surface area (Å²) in [6, 6.07) is 0. The molecular weight excluding hydrogens is 124 g/mol. The Hall–Kier alpha value is -0.560. The molecule has 1 aliphatic carbocycles. The van der Waals surface area contributed by atoms with Gasteiger partial charge in [-0.1, -0.05) is 31.2 Å². The molecule has 0 heterocycles. The molecule has 0 radical (unpaired) electrons. The van der Waals surface area contributed by atoms with Crippen molar-refractivity contribution >= 4 is 0 Å². The Labute approximate surface area is 63.1 Å². The second-order valence-electron chi connectivity index (χ2n) is 2.22. The van der Waals surface area contributed by atoms with Gasteiger partial charge in [0.1, 0.15) is 0 Å². The highest BCUT2D eigenvalue weighted by molar-refractivity contribution is 5.10. The molecule has 1 aliphatic rings. The van der Waals surface area contributed by atoms with Crippen LogP contribution in [-0.4, -0.2) is 12.2 Å². The van der Waals surface area contributed by atoms with Crippen molar-refractivity contribution < 1.29 is 5.11 Å². The molecule has 1 N–H and O–H groups in total. The molecule has 10 heavy (non-hydrogen) atoms. The van der Waals surface area contributed by atoms with Crippen molar-refractivity contribution in [3.8, 4) is 0 Å². The van der Waals surface area contributed by atoms with Crippen molar-refractivity contribution in [2.75, 3.05) is 7.11 Å². The van der Waals surface area contributed by atoms with E-state index < -0.39 is 0 Å². The fourth-order valence-corrected chi connectivity index (χ4v) is 0.935. The van der Waals surface area contributed by atoms with Gasteiger partial charge in [0.25, 0.3) is 0 Å². The molecule has 1 unspecified atom stereocenters. The van der Waals surface area contributed by atoms with Gasteiger partial charge in [0, 0.05) is 7.11 Å². The minimum Gasteiger partial charge on any atom is -0.400 e. The van der Waals surface area contributed by atoms with E-state index in [1.807, 2.05) is 0 Å². The molecule has 0 aromatic carbocycles. The van der Waals surface area contributed by atoms with E-state index in [0.29, 0.717) is 0 Å². The summed E-state index contributed by atoms with van der Waals surface area (Å²) in [6.45, 7) is 2.23. The van der Waals surface area contributed by atoms with Gasteiger partial charge in [0.05, 0.1) is 0 Å². The smallest absolute Gasteiger partial charge is 0.0319 e. The van der Waals surface area contributed by atoms with Crippen LogP contribution in [0, 0.1) is 5.92 Å². The molecule has 58 valence electrons. The Morgan fingerprint density at radius 2 is 2.10 bits per heavy atom. The fourth-order valence-electron chi connectivity index (χ4n) is 0.935. The van der Waals surface area contributed by atoms with Gasteiger partial charge in [0.15, 0.2) is 0 Å². The van der Waals surface area contributed by atoms with E-state index in [0.717, 1.165) is 13.0 Å². The van der Waals surface area contributed by atoms with Crippen LogP contribution in [0.3, 0.4) is 0 Å². The molecule has 1 atom stereocenters. The summed E-state index contributed by atoms with van der Waals surface area (Å²) in [5.41, 5.74) is 0. The SMILES string of the molecule is CCC1C=CC=CC1.CO. The van der Waals surface area contributed by atoms with E-state index in [1.54, 1.807) is 0 Å². The lowest BCUT2D eigenvalue weighted by Gasteiger charge is -2.07. The largest absolute Gasteiger partial charge is 0.400 e. The van der Waals surface area contributed by atoms with Crippen molar-refractivity contribution in [2.24, 2.45) is 5.92 Å². The van der Waals surface area contributed by atoms with Gasteiger partial charge in [0.2, 0.25) is 0 Å². The quantitative estimate of drug-likeness (QED) is 0.591. The van der Waals surface area contributed by atoms with Crippen LogP contribution in [0.5, 0.6) is 0 Å². The minimum absolute atomic E-state index is 0.819. The molecule has 0 aromatic heterocycles. The summed E-state index contributed by atoms with van der Waals surface area (Å²) in [5, 5.41) is 7.00. The van der Waals surface area contributed by atoms with E-state index in [9.17, 15) is 0 Å². The molecule has 0 aliphatic heterocycles. The summed E-state index contributed by atoms with van der Waals surface area (Å²) >= 11 is 0. The third-order valence-electron chi connectivity index (χ3n) is 1.59. The summed E-state index contributed by atoms with van der Waals surface area (Å²) in [4.78, 5) is 0. The van der Waals surface area contributed by atoms with Crippen LogP contribution in [-0.2, 0) is 0 Å². The summed E-state index contributed by atoms with van der Waals surface area (Å²) in [5.74, 6) is 0.819. The zero-order valence-electron chi connectivity index (χ0n) is 6.75. The van der Waals surface area contributed by atoms with Gasteiger partial charge in [-0.3, -0.25) is 0 Å². The Balaban J connectivity index is 0.000000371. The van der Waals surface area contributed by atoms with Gasteiger partial charge in [-0.25, -0.2) is 0 Å². The van der Waals surface area contributed by atoms with Crippen molar-refractivity contribution in [1.29, 1.82) is 0 Å². The normalized spacial score (nSPS) is 21.7. The van der Waals surface area contributed by atoms with Gasteiger partial charge in [-0.05, 0) is 18.8 Å². The van der Waals surface area contributed by atoms with E-state index >= 15 is 0 Å². The number of aliphatic hydroxyl groups is 1. The third kappa shape index (κ3) is 3.46. The minimum atomic E-state index is 0.819. The Morgan fingerprint density at radius 1 is 1.40 bits per heavy atom. The maximum Gasteiger partial charge on any atom is 0.0319 e. The molecule has 0 saturated heterocycles. The van der Waals surface area contributed by atoms with Crippen LogP contribution in [0.1, 0.15) is 19.8 Å².